The van der Waals surface area contributed by atoms with E-state index in [1.54, 1.807) is 18.2 Å². The molecule has 5 N–H and O–H groups in total. The van der Waals surface area contributed by atoms with E-state index in [0.29, 0.717) is 48.7 Å². The maximum atomic E-state index is 13.7. The molecule has 1 aliphatic carbocycles. The van der Waals surface area contributed by atoms with Gasteiger partial charge in [-0.3, -0.25) is 24.6 Å². The highest BCUT2D eigenvalue weighted by atomic mass is 16.5. The summed E-state index contributed by atoms with van der Waals surface area (Å²) >= 11 is 0. The van der Waals surface area contributed by atoms with Crippen LogP contribution in [0.5, 0.6) is 0 Å². The number of nitrogens with zero attached hydrogens (tertiary/aromatic N) is 2. The number of hydrogen-bond donors (Lipinski definition) is 4. The Morgan fingerprint density at radius 2 is 1.75 bits per heavy atom. The largest absolute Gasteiger partial charge is 0.378 e. The number of rotatable bonds is 10. The van der Waals surface area contributed by atoms with Gasteiger partial charge < -0.3 is 20.7 Å². The predicted octanol–water partition coefficient (Wildman–Crippen LogP) is 4.28. The van der Waals surface area contributed by atoms with E-state index in [2.05, 4.69) is 43.6 Å². The minimum Gasteiger partial charge on any atom is -0.378 e. The summed E-state index contributed by atoms with van der Waals surface area (Å²) in [5.74, 6) is 0.804. The second-order valence-corrected chi connectivity index (χ2v) is 12.1. The van der Waals surface area contributed by atoms with Gasteiger partial charge in [0, 0.05) is 43.2 Å². The summed E-state index contributed by atoms with van der Waals surface area (Å²) in [5.41, 5.74) is 9.96. The third kappa shape index (κ3) is 6.92. The summed E-state index contributed by atoms with van der Waals surface area (Å²) in [7, 11) is 0. The van der Waals surface area contributed by atoms with Gasteiger partial charge in [-0.2, -0.15) is 0 Å². The van der Waals surface area contributed by atoms with Gasteiger partial charge in [0.25, 0.3) is 5.56 Å². The fraction of sp³-hybridized carbons (Fsp3) is 0.412. The van der Waals surface area contributed by atoms with Gasteiger partial charge in [0.05, 0.1) is 24.1 Å². The lowest BCUT2D eigenvalue weighted by atomic mass is 9.77. The molecule has 0 bridgehead atoms. The first-order valence-electron chi connectivity index (χ1n) is 15.6. The van der Waals surface area contributed by atoms with Crippen molar-refractivity contribution in [1.29, 1.82) is 0 Å². The number of hydrogen-bond acceptors (Lipinski definition) is 7. The molecule has 3 heterocycles. The summed E-state index contributed by atoms with van der Waals surface area (Å²) < 4.78 is 5.48. The molecule has 0 spiro atoms. The Hall–Kier alpha value is -4.28. The molecule has 1 saturated heterocycles. The first-order chi connectivity index (χ1) is 21.5. The number of amides is 1. The van der Waals surface area contributed by atoms with E-state index in [1.165, 1.54) is 0 Å². The zero-order valence-electron chi connectivity index (χ0n) is 24.9. The highest BCUT2D eigenvalue weighted by molar-refractivity contribution is 5.97. The monoisotopic (exact) mass is 596 g/mol. The molecular formula is C34H40N6O4. The number of ether oxygens (including phenoxy) is 1. The van der Waals surface area contributed by atoms with Crippen LogP contribution >= 0.6 is 0 Å². The van der Waals surface area contributed by atoms with Gasteiger partial charge in [0.2, 0.25) is 5.91 Å². The number of pyridine rings is 1. The van der Waals surface area contributed by atoms with Crippen molar-refractivity contribution in [2.75, 3.05) is 43.1 Å². The van der Waals surface area contributed by atoms with Crippen molar-refractivity contribution in [1.82, 2.24) is 15.2 Å². The van der Waals surface area contributed by atoms with Crippen LogP contribution in [-0.2, 0) is 20.7 Å². The first kappa shape index (κ1) is 29.8. The van der Waals surface area contributed by atoms with Crippen molar-refractivity contribution in [3.05, 3.63) is 76.7 Å². The number of aromatic nitrogens is 3. The number of nitrogens with one attached hydrogen (secondary N) is 3. The molecule has 1 atom stereocenters. The Kier molecular flexibility index (Phi) is 9.18. The van der Waals surface area contributed by atoms with Crippen molar-refractivity contribution in [3.63, 3.8) is 0 Å². The number of H-pyrrole nitrogens is 2. The molecule has 10 heteroatoms. The Morgan fingerprint density at radius 3 is 2.50 bits per heavy atom. The zero-order valence-corrected chi connectivity index (χ0v) is 24.9. The van der Waals surface area contributed by atoms with Crippen molar-refractivity contribution >= 4 is 34.1 Å². The quantitative estimate of drug-likeness (QED) is 0.214. The Morgan fingerprint density at radius 1 is 0.977 bits per heavy atom. The smallest absolute Gasteiger partial charge is 0.271 e. The molecule has 6 rings (SSSR count). The highest BCUT2D eigenvalue weighted by Gasteiger charge is 2.30. The van der Waals surface area contributed by atoms with Crippen LogP contribution in [-0.4, -0.2) is 59.7 Å². The minimum absolute atomic E-state index is 0.0240. The van der Waals surface area contributed by atoms with E-state index in [0.717, 1.165) is 61.3 Å². The molecule has 10 nitrogen and oxygen atoms in total. The van der Waals surface area contributed by atoms with Gasteiger partial charge in [-0.1, -0.05) is 24.3 Å². The molecule has 2 aliphatic rings. The van der Waals surface area contributed by atoms with Gasteiger partial charge in [0.15, 0.2) is 0 Å². The number of aromatic amines is 2. The second kappa shape index (κ2) is 13.6. The van der Waals surface area contributed by atoms with Gasteiger partial charge in [-0.15, -0.1) is 0 Å². The lowest BCUT2D eigenvalue weighted by Gasteiger charge is -2.28. The van der Waals surface area contributed by atoms with Crippen LogP contribution in [0.3, 0.4) is 0 Å². The standard InChI is InChI=1S/C34H40N6O4/c35-21-23-3-7-25(8-4-23)31(41)18-27(33(42)37-28-9-10-29-30(20-28)38-39-34(29)43)17-22-1-5-24(6-2-22)26-11-12-36-32(19-26)40-13-15-44-16-14-40/h1-2,5-6,9-12,19-20,23,25,27H,3-4,7-8,13-18,21,35H2,(H,37,42)(H2,38,39,43)/t23?,25?,27-/m1/s1. The number of ketones is 1. The molecule has 2 aromatic carbocycles. The van der Waals surface area contributed by atoms with Crippen LogP contribution in [0.25, 0.3) is 22.0 Å². The third-order valence-corrected chi connectivity index (χ3v) is 9.15. The van der Waals surface area contributed by atoms with Crippen molar-refractivity contribution in [3.8, 4) is 11.1 Å². The number of carbonyl (C=O) groups is 2. The Bertz CT molecular complexity index is 1650. The average molecular weight is 597 g/mol. The van der Waals surface area contributed by atoms with Gasteiger partial charge in [-0.25, -0.2) is 4.98 Å². The first-order valence-corrected chi connectivity index (χ1v) is 15.6. The summed E-state index contributed by atoms with van der Waals surface area (Å²) in [4.78, 5) is 45.8. The molecule has 0 radical (unpaired) electrons. The molecule has 0 unspecified atom stereocenters. The van der Waals surface area contributed by atoms with E-state index in [1.807, 2.05) is 24.4 Å². The lowest BCUT2D eigenvalue weighted by Crippen LogP contribution is -2.36. The fourth-order valence-corrected chi connectivity index (χ4v) is 6.43. The Labute approximate surface area is 256 Å². The molecule has 4 aromatic rings. The maximum Gasteiger partial charge on any atom is 0.271 e. The van der Waals surface area contributed by atoms with Crippen molar-refractivity contribution < 1.29 is 14.3 Å². The number of fused-ring (bicyclic) bond motifs is 1. The predicted molar refractivity (Wildman–Crippen MR) is 172 cm³/mol. The van der Waals surface area contributed by atoms with Crippen LogP contribution < -0.4 is 21.5 Å². The van der Waals surface area contributed by atoms with Crippen molar-refractivity contribution in [2.45, 2.75) is 38.5 Å². The van der Waals surface area contributed by atoms with E-state index < -0.39 is 5.92 Å². The molecule has 1 amide bonds. The number of nitrogens with two attached hydrogens (primary N) is 1. The van der Waals surface area contributed by atoms with E-state index in [4.69, 9.17) is 10.5 Å². The van der Waals surface area contributed by atoms with Gasteiger partial charge in [-0.05, 0) is 91.6 Å². The van der Waals surface area contributed by atoms with E-state index in [9.17, 15) is 14.4 Å². The molecule has 2 fully saturated rings. The summed E-state index contributed by atoms with van der Waals surface area (Å²) in [6.45, 7) is 3.71. The van der Waals surface area contributed by atoms with Gasteiger partial charge in [0.1, 0.15) is 11.6 Å². The summed E-state index contributed by atoms with van der Waals surface area (Å²) in [5, 5.41) is 8.91. The molecular weight excluding hydrogens is 556 g/mol. The number of carbonyl (C=O) groups excluding carboxylic acids is 2. The molecule has 1 saturated carbocycles. The normalized spacial score (nSPS) is 19.5. The summed E-state index contributed by atoms with van der Waals surface area (Å²) in [6, 6.07) is 17.4. The van der Waals surface area contributed by atoms with E-state index in [-0.39, 0.29) is 29.6 Å². The molecule has 1 aliphatic heterocycles. The summed E-state index contributed by atoms with van der Waals surface area (Å²) in [6.07, 6.45) is 6.04. The average Bonchev–Trinajstić information content (AvgIpc) is 3.44. The second-order valence-electron chi connectivity index (χ2n) is 12.1. The van der Waals surface area contributed by atoms with Crippen LogP contribution in [0.4, 0.5) is 11.5 Å². The van der Waals surface area contributed by atoms with Gasteiger partial charge >= 0.3 is 0 Å². The zero-order chi connectivity index (χ0) is 30.5. The molecule has 2 aromatic heterocycles. The molecule has 44 heavy (non-hydrogen) atoms. The minimum atomic E-state index is -0.532. The third-order valence-electron chi connectivity index (χ3n) is 9.15. The van der Waals surface area contributed by atoms with Crippen LogP contribution in [0.15, 0.2) is 65.6 Å². The highest BCUT2D eigenvalue weighted by Crippen LogP contribution is 2.31. The van der Waals surface area contributed by atoms with Crippen LogP contribution in [0, 0.1) is 17.8 Å². The number of benzene rings is 2. The topological polar surface area (TPSA) is 146 Å². The SMILES string of the molecule is NCC1CCC(C(=O)C[C@@H](Cc2ccc(-c3ccnc(N4CCOCC4)c3)cc2)C(=O)Nc2ccc3c(=O)[nH][nH]c3c2)CC1. The lowest BCUT2D eigenvalue weighted by molar-refractivity contribution is -0.129. The van der Waals surface area contributed by atoms with Crippen LogP contribution in [0.2, 0.25) is 0 Å². The van der Waals surface area contributed by atoms with Crippen molar-refractivity contribution in [2.24, 2.45) is 23.5 Å². The van der Waals surface area contributed by atoms with E-state index >= 15 is 0 Å². The maximum absolute atomic E-state index is 13.7. The number of anilines is 2. The number of Topliss-reactive ketones (excluding diaryl/α,β-unsaturated/α-hetero) is 1. The number of morpholine rings is 1. The fourth-order valence-electron chi connectivity index (χ4n) is 6.43. The molecule has 230 valence electrons. The van der Waals surface area contributed by atoms with Crippen LogP contribution in [0.1, 0.15) is 37.7 Å². The Balaban J connectivity index is 1.18.